The largest absolute Gasteiger partial charge is 0.463 e. The molecule has 9 heteroatoms. The maximum atomic E-state index is 13.5. The van der Waals surface area contributed by atoms with Gasteiger partial charge in [-0.05, 0) is 54.2 Å². The van der Waals surface area contributed by atoms with E-state index in [0.29, 0.717) is 11.6 Å². The number of aromatic nitrogens is 1. The van der Waals surface area contributed by atoms with Crippen molar-refractivity contribution in [3.63, 3.8) is 0 Å². The molecule has 0 saturated heterocycles. The predicted molar refractivity (Wildman–Crippen MR) is 158 cm³/mol. The number of H-pyrrole nitrogens is 1. The van der Waals surface area contributed by atoms with Gasteiger partial charge >= 0.3 is 5.97 Å². The van der Waals surface area contributed by atoms with Gasteiger partial charge in [0.15, 0.2) is 0 Å². The first-order chi connectivity index (χ1) is 19.7. The van der Waals surface area contributed by atoms with Crippen LogP contribution >= 0.6 is 0 Å². The molecule has 2 unspecified atom stereocenters. The zero-order chi connectivity index (χ0) is 29.8. The van der Waals surface area contributed by atoms with Crippen LogP contribution in [0, 0.1) is 0 Å². The Morgan fingerprint density at radius 1 is 0.976 bits per heavy atom. The number of carbonyl (C=O) groups is 4. The zero-order valence-corrected chi connectivity index (χ0v) is 23.7. The molecular weight excluding hydrogens is 520 g/mol. The van der Waals surface area contributed by atoms with Crippen LogP contribution in [0.1, 0.15) is 61.1 Å². The summed E-state index contributed by atoms with van der Waals surface area (Å²) in [6.07, 6.45) is 3.07. The lowest BCUT2D eigenvalue weighted by atomic mass is 10.00. The second-order valence-electron chi connectivity index (χ2n) is 10.0. The summed E-state index contributed by atoms with van der Waals surface area (Å²) in [5.74, 6) is -1.65. The molecule has 0 fully saturated rings. The SMILES string of the molecule is CCOC(=O)/C=C/C(CCC(N)=O)NC(=O)C(Cc1ccccc1)NC(=O)c1ccc(-c2cccc(C(C)C)c2)[nH]1. The summed E-state index contributed by atoms with van der Waals surface area (Å²) in [5.41, 5.74) is 9.40. The number of carbonyl (C=O) groups excluding carboxylic acids is 4. The Labute approximate surface area is 240 Å². The summed E-state index contributed by atoms with van der Waals surface area (Å²) in [5, 5.41) is 5.67. The average Bonchev–Trinajstić information content (AvgIpc) is 3.45. The van der Waals surface area contributed by atoms with Crippen LogP contribution in [-0.4, -0.2) is 47.4 Å². The van der Waals surface area contributed by atoms with Crippen LogP contribution < -0.4 is 16.4 Å². The number of ether oxygens (including phenoxy) is 1. The van der Waals surface area contributed by atoms with Gasteiger partial charge in [-0.3, -0.25) is 14.4 Å². The summed E-state index contributed by atoms with van der Waals surface area (Å²) in [4.78, 5) is 53.2. The van der Waals surface area contributed by atoms with Crippen LogP contribution in [0.15, 0.2) is 78.9 Å². The minimum absolute atomic E-state index is 0.00289. The maximum Gasteiger partial charge on any atom is 0.330 e. The Hall–Kier alpha value is -4.66. The lowest BCUT2D eigenvalue weighted by Crippen LogP contribution is -2.50. The molecule has 2 aromatic carbocycles. The smallest absolute Gasteiger partial charge is 0.330 e. The summed E-state index contributed by atoms with van der Waals surface area (Å²) < 4.78 is 4.91. The van der Waals surface area contributed by atoms with Gasteiger partial charge in [-0.1, -0.05) is 68.5 Å². The minimum Gasteiger partial charge on any atom is -0.463 e. The Kier molecular flexibility index (Phi) is 11.5. The van der Waals surface area contributed by atoms with Crippen molar-refractivity contribution in [3.05, 3.63) is 95.7 Å². The van der Waals surface area contributed by atoms with Crippen molar-refractivity contribution >= 4 is 23.7 Å². The van der Waals surface area contributed by atoms with Gasteiger partial charge in [0.25, 0.3) is 5.91 Å². The fourth-order valence-electron chi connectivity index (χ4n) is 4.24. The number of nitrogens with one attached hydrogen (secondary N) is 3. The van der Waals surface area contributed by atoms with Crippen LogP contribution in [0.4, 0.5) is 0 Å². The number of hydrogen-bond donors (Lipinski definition) is 4. The molecule has 2 atom stereocenters. The second kappa shape index (κ2) is 15.2. The van der Waals surface area contributed by atoms with Gasteiger partial charge in [0.1, 0.15) is 11.7 Å². The number of hydrogen-bond acceptors (Lipinski definition) is 5. The third kappa shape index (κ3) is 9.79. The zero-order valence-electron chi connectivity index (χ0n) is 23.7. The Bertz CT molecular complexity index is 1360. The van der Waals surface area contributed by atoms with Crippen molar-refractivity contribution in [3.8, 4) is 11.3 Å². The van der Waals surface area contributed by atoms with Gasteiger partial charge in [-0.25, -0.2) is 4.79 Å². The predicted octanol–water partition coefficient (Wildman–Crippen LogP) is 4.02. The first-order valence-electron chi connectivity index (χ1n) is 13.7. The highest BCUT2D eigenvalue weighted by Gasteiger charge is 2.25. The van der Waals surface area contributed by atoms with E-state index >= 15 is 0 Å². The van der Waals surface area contributed by atoms with E-state index in [0.717, 1.165) is 16.8 Å². The molecule has 9 nitrogen and oxygen atoms in total. The van der Waals surface area contributed by atoms with E-state index in [2.05, 4.69) is 41.6 Å². The molecule has 3 aromatic rings. The number of amides is 3. The van der Waals surface area contributed by atoms with Gasteiger partial charge in [-0.2, -0.15) is 0 Å². The molecular formula is C32H38N4O5. The van der Waals surface area contributed by atoms with Crippen LogP contribution in [0.2, 0.25) is 0 Å². The molecule has 3 rings (SSSR count). The first-order valence-corrected chi connectivity index (χ1v) is 13.7. The molecule has 216 valence electrons. The van der Waals surface area contributed by atoms with E-state index in [-0.39, 0.29) is 25.9 Å². The number of rotatable bonds is 14. The van der Waals surface area contributed by atoms with Crippen molar-refractivity contribution in [1.29, 1.82) is 0 Å². The number of aromatic amines is 1. The lowest BCUT2D eigenvalue weighted by Gasteiger charge is -2.22. The molecule has 1 aromatic heterocycles. The molecule has 0 bridgehead atoms. The van der Waals surface area contributed by atoms with Crippen molar-refractivity contribution < 1.29 is 23.9 Å². The Balaban J connectivity index is 1.80. The van der Waals surface area contributed by atoms with E-state index in [9.17, 15) is 19.2 Å². The van der Waals surface area contributed by atoms with Crippen molar-refractivity contribution in [2.24, 2.45) is 5.73 Å². The molecule has 0 saturated carbocycles. The summed E-state index contributed by atoms with van der Waals surface area (Å²) >= 11 is 0. The molecule has 0 aliphatic carbocycles. The fourth-order valence-corrected chi connectivity index (χ4v) is 4.24. The molecule has 41 heavy (non-hydrogen) atoms. The molecule has 0 aliphatic heterocycles. The average molecular weight is 559 g/mol. The van der Waals surface area contributed by atoms with E-state index in [1.165, 1.54) is 17.7 Å². The van der Waals surface area contributed by atoms with Gasteiger partial charge < -0.3 is 26.1 Å². The third-order valence-electron chi connectivity index (χ3n) is 6.48. The van der Waals surface area contributed by atoms with Gasteiger partial charge in [0, 0.05) is 30.7 Å². The van der Waals surface area contributed by atoms with Gasteiger partial charge in [-0.15, -0.1) is 0 Å². The van der Waals surface area contributed by atoms with E-state index in [1.807, 2.05) is 48.5 Å². The molecule has 1 heterocycles. The quantitative estimate of drug-likeness (QED) is 0.175. The van der Waals surface area contributed by atoms with Crippen LogP contribution in [0.25, 0.3) is 11.3 Å². The normalized spacial score (nSPS) is 12.6. The second-order valence-corrected chi connectivity index (χ2v) is 10.0. The molecule has 0 aliphatic rings. The van der Waals surface area contributed by atoms with Crippen molar-refractivity contribution in [2.45, 2.75) is 58.0 Å². The number of nitrogens with two attached hydrogens (primary N) is 1. The highest BCUT2D eigenvalue weighted by molar-refractivity contribution is 5.97. The number of primary amides is 1. The minimum atomic E-state index is -0.937. The summed E-state index contributed by atoms with van der Waals surface area (Å²) in [7, 11) is 0. The van der Waals surface area contributed by atoms with Crippen LogP contribution in [0.5, 0.6) is 0 Å². The van der Waals surface area contributed by atoms with Crippen LogP contribution in [-0.2, 0) is 25.5 Å². The molecule has 0 spiro atoms. The highest BCUT2D eigenvalue weighted by Crippen LogP contribution is 2.23. The highest BCUT2D eigenvalue weighted by atomic mass is 16.5. The maximum absolute atomic E-state index is 13.5. The molecule has 5 N–H and O–H groups in total. The number of esters is 1. The van der Waals surface area contributed by atoms with Crippen molar-refractivity contribution in [2.75, 3.05) is 6.61 Å². The number of benzene rings is 2. The Morgan fingerprint density at radius 3 is 2.41 bits per heavy atom. The van der Waals surface area contributed by atoms with E-state index in [1.54, 1.807) is 13.0 Å². The topological polar surface area (TPSA) is 143 Å². The summed E-state index contributed by atoms with van der Waals surface area (Å²) in [6, 6.07) is 19.3. The fraction of sp³-hybridized carbons (Fsp3) is 0.312. The molecule has 3 amide bonds. The monoisotopic (exact) mass is 558 g/mol. The third-order valence-corrected chi connectivity index (χ3v) is 6.48. The standard InChI is InChI=1S/C32H38N4O5/c1-4-41-30(38)18-14-25(13-17-29(33)37)34-32(40)28(19-22-9-6-5-7-10-22)36-31(39)27-16-15-26(35-27)24-12-8-11-23(20-24)21(2)3/h5-12,14-16,18,20-21,25,28,35H,4,13,17,19H2,1-3H3,(H2,33,37)(H,34,40)(H,36,39)/b18-14+. The van der Waals surface area contributed by atoms with Crippen LogP contribution in [0.3, 0.4) is 0 Å². The van der Waals surface area contributed by atoms with E-state index in [4.69, 9.17) is 10.5 Å². The van der Waals surface area contributed by atoms with Gasteiger partial charge in [0.2, 0.25) is 11.8 Å². The van der Waals surface area contributed by atoms with Crippen molar-refractivity contribution in [1.82, 2.24) is 15.6 Å². The van der Waals surface area contributed by atoms with Gasteiger partial charge in [0.05, 0.1) is 6.61 Å². The Morgan fingerprint density at radius 2 is 1.73 bits per heavy atom. The van der Waals surface area contributed by atoms with E-state index < -0.39 is 35.8 Å². The first kappa shape index (κ1) is 30.9. The lowest BCUT2D eigenvalue weighted by molar-refractivity contribution is -0.137. The molecule has 0 radical (unpaired) electrons. The summed E-state index contributed by atoms with van der Waals surface area (Å²) in [6.45, 7) is 6.13.